The number of aromatic nitrogens is 2. The Labute approximate surface area is 89.7 Å². The van der Waals surface area contributed by atoms with Gasteiger partial charge < -0.3 is 5.73 Å². The van der Waals surface area contributed by atoms with Crippen molar-refractivity contribution in [3.05, 3.63) is 29.5 Å². The molecule has 3 heteroatoms. The molecule has 0 saturated heterocycles. The van der Waals surface area contributed by atoms with Crippen LogP contribution in [0.1, 0.15) is 30.9 Å². The van der Waals surface area contributed by atoms with E-state index in [0.717, 1.165) is 11.9 Å². The molecule has 1 aromatic heterocycles. The van der Waals surface area contributed by atoms with Crippen molar-refractivity contribution in [1.29, 1.82) is 0 Å². The van der Waals surface area contributed by atoms with Crippen LogP contribution in [0.25, 0.3) is 10.9 Å². The summed E-state index contributed by atoms with van der Waals surface area (Å²) in [4.78, 5) is 0. The van der Waals surface area contributed by atoms with E-state index in [1.807, 2.05) is 6.20 Å². The van der Waals surface area contributed by atoms with Gasteiger partial charge in [-0.1, -0.05) is 19.9 Å². The highest BCUT2D eigenvalue weighted by Crippen LogP contribution is 2.24. The van der Waals surface area contributed by atoms with Crippen LogP contribution in [-0.2, 0) is 6.42 Å². The van der Waals surface area contributed by atoms with Crippen molar-refractivity contribution in [2.45, 2.75) is 26.2 Å². The lowest BCUT2D eigenvalue weighted by atomic mass is 9.97. The maximum absolute atomic E-state index is 5.62. The van der Waals surface area contributed by atoms with Crippen molar-refractivity contribution in [2.24, 2.45) is 5.73 Å². The van der Waals surface area contributed by atoms with Crippen molar-refractivity contribution < 1.29 is 0 Å². The summed E-state index contributed by atoms with van der Waals surface area (Å²) in [5.74, 6) is 0.536. The molecule has 0 saturated carbocycles. The first-order valence-corrected chi connectivity index (χ1v) is 5.38. The highest BCUT2D eigenvalue weighted by molar-refractivity contribution is 5.82. The lowest BCUT2D eigenvalue weighted by molar-refractivity contribution is 0.862. The zero-order chi connectivity index (χ0) is 10.8. The predicted octanol–water partition coefficient (Wildman–Crippen LogP) is 2.19. The molecular weight excluding hydrogens is 186 g/mol. The minimum Gasteiger partial charge on any atom is -0.330 e. The SMILES string of the molecule is CC(C)c1cc(CCN)c2cn[nH]c2c1. The highest BCUT2D eigenvalue weighted by Gasteiger charge is 2.07. The third-order valence-electron chi connectivity index (χ3n) is 2.75. The van der Waals surface area contributed by atoms with Gasteiger partial charge in [0.1, 0.15) is 0 Å². The van der Waals surface area contributed by atoms with Gasteiger partial charge in [0, 0.05) is 5.39 Å². The first-order chi connectivity index (χ1) is 7.22. The van der Waals surface area contributed by atoms with Gasteiger partial charge in [0.2, 0.25) is 0 Å². The van der Waals surface area contributed by atoms with Gasteiger partial charge in [-0.2, -0.15) is 5.10 Å². The molecule has 0 amide bonds. The molecular formula is C12H17N3. The zero-order valence-electron chi connectivity index (χ0n) is 9.25. The summed E-state index contributed by atoms with van der Waals surface area (Å²) in [6.45, 7) is 5.08. The number of nitrogens with two attached hydrogens (primary N) is 1. The summed E-state index contributed by atoms with van der Waals surface area (Å²) in [5.41, 5.74) is 9.37. The van der Waals surface area contributed by atoms with Gasteiger partial charge in [0.25, 0.3) is 0 Å². The number of benzene rings is 1. The molecule has 0 unspecified atom stereocenters. The van der Waals surface area contributed by atoms with Crippen LogP contribution >= 0.6 is 0 Å². The molecule has 0 bridgehead atoms. The molecule has 0 radical (unpaired) electrons. The van der Waals surface area contributed by atoms with E-state index >= 15 is 0 Å². The van der Waals surface area contributed by atoms with Crippen LogP contribution in [0.2, 0.25) is 0 Å². The summed E-state index contributed by atoms with van der Waals surface area (Å²) < 4.78 is 0. The zero-order valence-corrected chi connectivity index (χ0v) is 9.25. The Kier molecular flexibility index (Phi) is 2.73. The number of hydrogen-bond donors (Lipinski definition) is 2. The van der Waals surface area contributed by atoms with Gasteiger partial charge >= 0.3 is 0 Å². The van der Waals surface area contributed by atoms with Crippen LogP contribution in [0.5, 0.6) is 0 Å². The van der Waals surface area contributed by atoms with Gasteiger partial charge in [-0.3, -0.25) is 5.10 Å². The lowest BCUT2D eigenvalue weighted by Gasteiger charge is -2.09. The second kappa shape index (κ2) is 4.03. The van der Waals surface area contributed by atoms with Crippen LogP contribution in [0.3, 0.4) is 0 Å². The number of nitrogens with one attached hydrogen (secondary N) is 1. The molecule has 0 spiro atoms. The van der Waals surface area contributed by atoms with Crippen LogP contribution in [0.15, 0.2) is 18.3 Å². The van der Waals surface area contributed by atoms with Gasteiger partial charge in [0.05, 0.1) is 11.7 Å². The second-order valence-electron chi connectivity index (χ2n) is 4.20. The molecule has 3 nitrogen and oxygen atoms in total. The van der Waals surface area contributed by atoms with E-state index in [4.69, 9.17) is 5.73 Å². The Hall–Kier alpha value is -1.35. The maximum Gasteiger partial charge on any atom is 0.0655 e. The van der Waals surface area contributed by atoms with Crippen molar-refractivity contribution >= 4 is 10.9 Å². The summed E-state index contributed by atoms with van der Waals surface area (Å²) in [6, 6.07) is 4.42. The van der Waals surface area contributed by atoms with Crippen molar-refractivity contribution in [3.63, 3.8) is 0 Å². The van der Waals surface area contributed by atoms with E-state index in [2.05, 4.69) is 36.2 Å². The molecule has 0 fully saturated rings. The molecule has 2 rings (SSSR count). The quantitative estimate of drug-likeness (QED) is 0.803. The molecule has 0 atom stereocenters. The number of H-pyrrole nitrogens is 1. The van der Waals surface area contributed by atoms with E-state index in [9.17, 15) is 0 Å². The average molecular weight is 203 g/mol. The Morgan fingerprint density at radius 3 is 2.87 bits per heavy atom. The summed E-state index contributed by atoms with van der Waals surface area (Å²) >= 11 is 0. The number of aromatic amines is 1. The van der Waals surface area contributed by atoms with E-state index < -0.39 is 0 Å². The predicted molar refractivity (Wildman–Crippen MR) is 62.9 cm³/mol. The van der Waals surface area contributed by atoms with Gasteiger partial charge in [0.15, 0.2) is 0 Å². The van der Waals surface area contributed by atoms with E-state index in [0.29, 0.717) is 12.5 Å². The average Bonchev–Trinajstić information content (AvgIpc) is 2.65. The molecule has 1 heterocycles. The first-order valence-electron chi connectivity index (χ1n) is 5.38. The molecule has 3 N–H and O–H groups in total. The van der Waals surface area contributed by atoms with Crippen molar-refractivity contribution in [1.82, 2.24) is 10.2 Å². The molecule has 0 aliphatic carbocycles. The summed E-state index contributed by atoms with van der Waals surface area (Å²) in [5, 5.41) is 8.30. The third kappa shape index (κ3) is 1.88. The topological polar surface area (TPSA) is 54.7 Å². The van der Waals surface area contributed by atoms with E-state index in [1.54, 1.807) is 0 Å². The molecule has 0 aliphatic heterocycles. The Balaban J connectivity index is 2.58. The smallest absolute Gasteiger partial charge is 0.0655 e. The lowest BCUT2D eigenvalue weighted by Crippen LogP contribution is -2.03. The van der Waals surface area contributed by atoms with Crippen molar-refractivity contribution in [3.8, 4) is 0 Å². The van der Waals surface area contributed by atoms with Crippen LogP contribution in [-0.4, -0.2) is 16.7 Å². The summed E-state index contributed by atoms with van der Waals surface area (Å²) in [7, 11) is 0. The molecule has 0 aliphatic rings. The Morgan fingerprint density at radius 1 is 1.40 bits per heavy atom. The fourth-order valence-corrected chi connectivity index (χ4v) is 1.84. The molecule has 2 aromatic rings. The molecule has 80 valence electrons. The number of nitrogens with zero attached hydrogens (tertiary/aromatic N) is 1. The fourth-order valence-electron chi connectivity index (χ4n) is 1.84. The number of fused-ring (bicyclic) bond motifs is 1. The molecule has 1 aromatic carbocycles. The summed E-state index contributed by atoms with van der Waals surface area (Å²) in [6.07, 6.45) is 2.79. The first kappa shape index (κ1) is 10.2. The van der Waals surface area contributed by atoms with Crippen molar-refractivity contribution in [2.75, 3.05) is 6.54 Å². The second-order valence-corrected chi connectivity index (χ2v) is 4.20. The monoisotopic (exact) mass is 203 g/mol. The number of hydrogen-bond acceptors (Lipinski definition) is 2. The minimum atomic E-state index is 0.536. The largest absolute Gasteiger partial charge is 0.330 e. The Bertz CT molecular complexity index is 457. The standard InChI is InChI=1S/C12H17N3/c1-8(2)10-5-9(3-4-13)11-7-14-15-12(11)6-10/h5-8H,3-4,13H2,1-2H3,(H,14,15). The minimum absolute atomic E-state index is 0.536. The third-order valence-corrected chi connectivity index (χ3v) is 2.75. The molecule has 15 heavy (non-hydrogen) atoms. The van der Waals surface area contributed by atoms with E-state index in [-0.39, 0.29) is 0 Å². The van der Waals surface area contributed by atoms with Crippen LogP contribution in [0, 0.1) is 0 Å². The highest BCUT2D eigenvalue weighted by atomic mass is 15.1. The van der Waals surface area contributed by atoms with Crippen LogP contribution in [0.4, 0.5) is 0 Å². The van der Waals surface area contributed by atoms with E-state index in [1.165, 1.54) is 16.5 Å². The van der Waals surface area contributed by atoms with Gasteiger partial charge in [-0.25, -0.2) is 0 Å². The fraction of sp³-hybridized carbons (Fsp3) is 0.417. The number of rotatable bonds is 3. The van der Waals surface area contributed by atoms with Gasteiger partial charge in [-0.05, 0) is 36.1 Å². The Morgan fingerprint density at radius 2 is 2.20 bits per heavy atom. The van der Waals surface area contributed by atoms with Gasteiger partial charge in [-0.15, -0.1) is 0 Å². The maximum atomic E-state index is 5.62. The van der Waals surface area contributed by atoms with Crippen LogP contribution < -0.4 is 5.73 Å². The normalized spacial score (nSPS) is 11.5.